The molecule has 1 saturated carbocycles. The molecule has 5 nitrogen and oxygen atoms in total. The van der Waals surface area contributed by atoms with Gasteiger partial charge in [-0.15, -0.1) is 11.3 Å². The van der Waals surface area contributed by atoms with Gasteiger partial charge in [0.25, 0.3) is 0 Å². The molecule has 1 aliphatic heterocycles. The fourth-order valence-electron chi connectivity index (χ4n) is 3.56. The Labute approximate surface area is 142 Å². The molecule has 1 saturated heterocycles. The number of urea groups is 1. The zero-order valence-electron chi connectivity index (χ0n) is 13.9. The maximum Gasteiger partial charge on any atom is 0.323 e. The highest BCUT2D eigenvalue weighted by Crippen LogP contribution is 2.36. The molecule has 0 unspecified atom stereocenters. The monoisotopic (exact) mass is 337 g/mol. The van der Waals surface area contributed by atoms with E-state index in [0.29, 0.717) is 30.6 Å². The van der Waals surface area contributed by atoms with Crippen LogP contribution in [0.25, 0.3) is 0 Å². The number of nitrogens with zero attached hydrogens (tertiary/aromatic N) is 2. The van der Waals surface area contributed by atoms with Gasteiger partial charge < -0.3 is 10.0 Å². The minimum absolute atomic E-state index is 0.0905. The molecule has 0 bridgehead atoms. The number of carbonyl (C=O) groups is 1. The Hall–Kier alpha value is -1.14. The number of thiazole rings is 1. The molecule has 2 N–H and O–H groups in total. The zero-order valence-corrected chi connectivity index (χ0v) is 14.7. The molecular formula is C17H27N3O2S. The summed E-state index contributed by atoms with van der Waals surface area (Å²) in [5.41, 5.74) is -0.648. The van der Waals surface area contributed by atoms with E-state index in [2.05, 4.69) is 10.3 Å². The molecule has 0 radical (unpaired) electrons. The van der Waals surface area contributed by atoms with E-state index in [1.54, 1.807) is 16.2 Å². The maximum atomic E-state index is 12.4. The van der Waals surface area contributed by atoms with Gasteiger partial charge in [-0.3, -0.25) is 5.32 Å². The van der Waals surface area contributed by atoms with Crippen molar-refractivity contribution in [3.63, 3.8) is 0 Å². The molecule has 2 heterocycles. The van der Waals surface area contributed by atoms with Gasteiger partial charge in [0.2, 0.25) is 0 Å². The van der Waals surface area contributed by atoms with Gasteiger partial charge in [-0.05, 0) is 44.9 Å². The minimum atomic E-state index is -0.648. The van der Waals surface area contributed by atoms with E-state index in [1.165, 1.54) is 37.0 Å². The molecule has 2 amide bonds. The van der Waals surface area contributed by atoms with Crippen molar-refractivity contribution in [3.05, 3.63) is 11.1 Å². The van der Waals surface area contributed by atoms with Crippen molar-refractivity contribution in [1.29, 1.82) is 0 Å². The maximum absolute atomic E-state index is 12.4. The fourth-order valence-corrected chi connectivity index (χ4v) is 4.53. The largest absolute Gasteiger partial charge is 0.390 e. The second kappa shape index (κ2) is 7.18. The molecule has 2 aliphatic rings. The van der Waals surface area contributed by atoms with E-state index >= 15 is 0 Å². The molecule has 1 atom stereocenters. The number of likely N-dealkylation sites (tertiary alicyclic amines) is 1. The van der Waals surface area contributed by atoms with Crippen LogP contribution >= 0.6 is 11.3 Å². The highest BCUT2D eigenvalue weighted by Gasteiger charge is 2.27. The number of hydrogen-bond acceptors (Lipinski definition) is 4. The molecule has 0 aromatic carbocycles. The van der Waals surface area contributed by atoms with Crippen LogP contribution in [0.5, 0.6) is 0 Å². The quantitative estimate of drug-likeness (QED) is 0.858. The Morgan fingerprint density at radius 3 is 2.87 bits per heavy atom. The van der Waals surface area contributed by atoms with Crippen LogP contribution in [-0.4, -0.2) is 39.7 Å². The lowest BCUT2D eigenvalue weighted by Gasteiger charge is -2.22. The summed E-state index contributed by atoms with van der Waals surface area (Å²) < 4.78 is 0. The van der Waals surface area contributed by atoms with Crippen molar-refractivity contribution in [2.75, 3.05) is 18.4 Å². The van der Waals surface area contributed by atoms with Crippen molar-refractivity contribution in [2.24, 2.45) is 0 Å². The van der Waals surface area contributed by atoms with Gasteiger partial charge in [-0.25, -0.2) is 9.78 Å². The van der Waals surface area contributed by atoms with E-state index in [-0.39, 0.29) is 6.03 Å². The summed E-state index contributed by atoms with van der Waals surface area (Å²) in [7, 11) is 0. The molecule has 1 aromatic heterocycles. The third kappa shape index (κ3) is 4.44. The first-order valence-corrected chi connectivity index (χ1v) is 9.59. The first-order chi connectivity index (χ1) is 11.0. The van der Waals surface area contributed by atoms with Crippen LogP contribution in [0.3, 0.4) is 0 Å². The second-order valence-electron chi connectivity index (χ2n) is 7.17. The van der Waals surface area contributed by atoms with Gasteiger partial charge in [0, 0.05) is 24.2 Å². The van der Waals surface area contributed by atoms with E-state index in [9.17, 15) is 9.90 Å². The average molecular weight is 337 g/mol. The molecule has 1 aromatic rings. The highest BCUT2D eigenvalue weighted by atomic mass is 32.1. The van der Waals surface area contributed by atoms with Gasteiger partial charge in [-0.1, -0.05) is 19.3 Å². The van der Waals surface area contributed by atoms with Gasteiger partial charge in [0.05, 0.1) is 5.60 Å². The number of rotatable bonds is 2. The van der Waals surface area contributed by atoms with Crippen molar-refractivity contribution < 1.29 is 9.90 Å². The number of aliphatic hydroxyl groups is 1. The van der Waals surface area contributed by atoms with E-state index in [1.807, 2.05) is 13.1 Å². The van der Waals surface area contributed by atoms with Crippen LogP contribution in [-0.2, 0) is 0 Å². The van der Waals surface area contributed by atoms with Crippen molar-refractivity contribution in [1.82, 2.24) is 9.88 Å². The Bertz CT molecular complexity index is 538. The van der Waals surface area contributed by atoms with E-state index < -0.39 is 5.60 Å². The van der Waals surface area contributed by atoms with Crippen LogP contribution in [0.4, 0.5) is 9.93 Å². The van der Waals surface area contributed by atoms with Gasteiger partial charge in [-0.2, -0.15) is 0 Å². The third-order valence-electron chi connectivity index (χ3n) is 5.10. The van der Waals surface area contributed by atoms with Gasteiger partial charge in [0.1, 0.15) is 0 Å². The number of carbonyl (C=O) groups excluding carboxylic acids is 1. The lowest BCUT2D eigenvalue weighted by atomic mass is 9.89. The number of hydrogen-bond donors (Lipinski definition) is 2. The summed E-state index contributed by atoms with van der Waals surface area (Å²) in [4.78, 5) is 19.9. The number of nitrogens with one attached hydrogen (secondary N) is 1. The standard InChI is InChI=1S/C17H27N3O2S/c1-17(22)8-5-10-20(11-9-17)16(21)19-15-18-12-14(23-15)13-6-3-2-4-7-13/h12-13,22H,2-11H2,1H3,(H,18,19,21)/t17-/m0/s1. The average Bonchev–Trinajstić information content (AvgIpc) is 2.91. The van der Waals surface area contributed by atoms with Gasteiger partial charge in [0.15, 0.2) is 5.13 Å². The number of anilines is 1. The van der Waals surface area contributed by atoms with Crippen LogP contribution in [0, 0.1) is 0 Å². The molecule has 1 aliphatic carbocycles. The third-order valence-corrected chi connectivity index (χ3v) is 6.17. The van der Waals surface area contributed by atoms with Crippen LogP contribution < -0.4 is 5.32 Å². The lowest BCUT2D eigenvalue weighted by Crippen LogP contribution is -2.36. The van der Waals surface area contributed by atoms with Crippen molar-refractivity contribution >= 4 is 22.5 Å². The molecule has 23 heavy (non-hydrogen) atoms. The topological polar surface area (TPSA) is 65.5 Å². The molecule has 6 heteroatoms. The summed E-state index contributed by atoms with van der Waals surface area (Å²) in [6, 6.07) is -0.0905. The summed E-state index contributed by atoms with van der Waals surface area (Å²) in [5, 5.41) is 13.8. The minimum Gasteiger partial charge on any atom is -0.390 e. The van der Waals surface area contributed by atoms with E-state index in [0.717, 1.165) is 12.8 Å². The smallest absolute Gasteiger partial charge is 0.323 e. The van der Waals surface area contributed by atoms with Crippen LogP contribution in [0.15, 0.2) is 6.20 Å². The van der Waals surface area contributed by atoms with E-state index in [4.69, 9.17) is 0 Å². The lowest BCUT2D eigenvalue weighted by molar-refractivity contribution is 0.0458. The predicted octanol–water partition coefficient (Wildman–Crippen LogP) is 3.96. The Kier molecular flexibility index (Phi) is 5.21. The van der Waals surface area contributed by atoms with Crippen molar-refractivity contribution in [3.8, 4) is 0 Å². The Morgan fingerprint density at radius 1 is 1.30 bits per heavy atom. The molecular weight excluding hydrogens is 310 g/mol. The summed E-state index contributed by atoms with van der Waals surface area (Å²) in [5.74, 6) is 0.625. The second-order valence-corrected chi connectivity index (χ2v) is 8.23. The number of aromatic nitrogens is 1. The number of amides is 2. The first kappa shape index (κ1) is 16.7. The van der Waals surface area contributed by atoms with Crippen LogP contribution in [0.2, 0.25) is 0 Å². The first-order valence-electron chi connectivity index (χ1n) is 8.77. The molecule has 0 spiro atoms. The predicted molar refractivity (Wildman–Crippen MR) is 93.0 cm³/mol. The van der Waals surface area contributed by atoms with Gasteiger partial charge >= 0.3 is 6.03 Å². The van der Waals surface area contributed by atoms with Crippen LogP contribution in [0.1, 0.15) is 69.1 Å². The van der Waals surface area contributed by atoms with Crippen molar-refractivity contribution in [2.45, 2.75) is 69.8 Å². The molecule has 2 fully saturated rings. The normalized spacial score (nSPS) is 26.8. The molecule has 128 valence electrons. The SMILES string of the molecule is C[C@]1(O)CCCN(C(=O)Nc2ncc(C3CCCCC3)s2)CC1. The Balaban J connectivity index is 1.56. The highest BCUT2D eigenvalue weighted by molar-refractivity contribution is 7.15. The summed E-state index contributed by atoms with van der Waals surface area (Å²) >= 11 is 1.62. The summed E-state index contributed by atoms with van der Waals surface area (Å²) in [6.45, 7) is 3.15. The fraction of sp³-hybridized carbons (Fsp3) is 0.765. The molecule has 3 rings (SSSR count). The summed E-state index contributed by atoms with van der Waals surface area (Å²) in [6.07, 6.45) is 10.6. The Morgan fingerprint density at radius 2 is 2.09 bits per heavy atom. The zero-order chi connectivity index (χ0) is 16.3.